The van der Waals surface area contributed by atoms with E-state index in [1.165, 1.54) is 6.07 Å². The molecule has 0 atom stereocenters. The summed E-state index contributed by atoms with van der Waals surface area (Å²) in [5, 5.41) is 18.7. The summed E-state index contributed by atoms with van der Waals surface area (Å²) in [5.74, 6) is -1.06. The van der Waals surface area contributed by atoms with Crippen molar-refractivity contribution in [3.8, 4) is 11.8 Å². The summed E-state index contributed by atoms with van der Waals surface area (Å²) in [4.78, 5) is 0. The van der Waals surface area contributed by atoms with Crippen LogP contribution in [0.15, 0.2) is 10.5 Å². The van der Waals surface area contributed by atoms with Gasteiger partial charge in [-0.1, -0.05) is 15.9 Å². The lowest BCUT2D eigenvalue weighted by molar-refractivity contribution is 0.422. The Morgan fingerprint density at radius 3 is 2.67 bits per heavy atom. The molecule has 78 valence electrons. The number of hydrogen-bond acceptors (Lipinski definition) is 2. The van der Waals surface area contributed by atoms with E-state index in [9.17, 15) is 9.50 Å². The van der Waals surface area contributed by atoms with Crippen LogP contribution in [0.1, 0.15) is 24.0 Å². The lowest BCUT2D eigenvalue weighted by Gasteiger charge is -2.14. The van der Waals surface area contributed by atoms with E-state index in [1.807, 2.05) is 0 Å². The molecule has 0 aliphatic heterocycles. The van der Waals surface area contributed by atoms with Gasteiger partial charge in [0.05, 0.1) is 11.5 Å². The summed E-state index contributed by atoms with van der Waals surface area (Å²) in [6, 6.07) is 3.41. The SMILES string of the molecule is Cc1cc(F)c(O)c(C2(C#N)CC2)c1Br. The number of phenols is 1. The van der Waals surface area contributed by atoms with Crippen molar-refractivity contribution in [3.63, 3.8) is 0 Å². The molecule has 0 bridgehead atoms. The molecule has 2 rings (SSSR count). The molecule has 2 nitrogen and oxygen atoms in total. The van der Waals surface area contributed by atoms with Crippen LogP contribution < -0.4 is 0 Å². The number of rotatable bonds is 1. The second-order valence-corrected chi connectivity index (χ2v) is 4.70. The standard InChI is InChI=1S/C11H9BrFNO/c1-6-4-7(13)10(15)8(9(6)12)11(5-14)2-3-11/h4,15H,2-3H2,1H3. The second-order valence-electron chi connectivity index (χ2n) is 3.91. The Morgan fingerprint density at radius 1 is 1.60 bits per heavy atom. The van der Waals surface area contributed by atoms with Crippen LogP contribution in [-0.2, 0) is 5.41 Å². The third-order valence-corrected chi connectivity index (χ3v) is 3.84. The Morgan fingerprint density at radius 2 is 2.20 bits per heavy atom. The van der Waals surface area contributed by atoms with Gasteiger partial charge in [-0.15, -0.1) is 0 Å². The number of phenolic OH excluding ortho intramolecular Hbond substituents is 1. The first-order valence-electron chi connectivity index (χ1n) is 4.61. The molecule has 0 heterocycles. The monoisotopic (exact) mass is 269 g/mol. The summed E-state index contributed by atoms with van der Waals surface area (Å²) in [6.45, 7) is 1.74. The van der Waals surface area contributed by atoms with Crippen molar-refractivity contribution in [2.75, 3.05) is 0 Å². The molecular formula is C11H9BrFNO. The molecule has 0 aromatic heterocycles. The highest BCUT2D eigenvalue weighted by Gasteiger charge is 2.48. The molecule has 1 fully saturated rings. The zero-order chi connectivity index (χ0) is 11.2. The van der Waals surface area contributed by atoms with Crippen molar-refractivity contribution < 1.29 is 9.50 Å². The van der Waals surface area contributed by atoms with Gasteiger partial charge < -0.3 is 5.11 Å². The quantitative estimate of drug-likeness (QED) is 0.851. The summed E-state index contributed by atoms with van der Waals surface area (Å²) in [5.41, 5.74) is 0.416. The molecule has 0 saturated heterocycles. The van der Waals surface area contributed by atoms with Crippen molar-refractivity contribution >= 4 is 15.9 Å². The first-order valence-corrected chi connectivity index (χ1v) is 5.40. The molecule has 0 spiro atoms. The van der Waals surface area contributed by atoms with Crippen molar-refractivity contribution in [1.29, 1.82) is 5.26 Å². The van der Waals surface area contributed by atoms with Crippen LogP contribution >= 0.6 is 15.9 Å². The lowest BCUT2D eigenvalue weighted by Crippen LogP contribution is -2.06. The third-order valence-electron chi connectivity index (χ3n) is 2.81. The summed E-state index contributed by atoms with van der Waals surface area (Å²) in [6.07, 6.45) is 1.36. The van der Waals surface area contributed by atoms with Crippen LogP contribution in [0.3, 0.4) is 0 Å². The minimum atomic E-state index is -0.685. The molecule has 1 N–H and O–H groups in total. The van der Waals surface area contributed by atoms with Gasteiger partial charge in [-0.05, 0) is 31.4 Å². The van der Waals surface area contributed by atoms with Gasteiger partial charge in [0, 0.05) is 10.0 Å². The van der Waals surface area contributed by atoms with Gasteiger partial charge in [-0.3, -0.25) is 0 Å². The number of aromatic hydroxyl groups is 1. The number of nitriles is 1. The van der Waals surface area contributed by atoms with Crippen LogP contribution in [-0.4, -0.2) is 5.11 Å². The number of benzene rings is 1. The summed E-state index contributed by atoms with van der Waals surface area (Å²) < 4.78 is 14.0. The van der Waals surface area contributed by atoms with E-state index in [0.717, 1.165) is 0 Å². The van der Waals surface area contributed by atoms with Gasteiger partial charge in [-0.25, -0.2) is 4.39 Å². The highest BCUT2D eigenvalue weighted by Crippen LogP contribution is 2.54. The van der Waals surface area contributed by atoms with Gasteiger partial charge in [0.1, 0.15) is 0 Å². The molecule has 4 heteroatoms. The van der Waals surface area contributed by atoms with Crippen LogP contribution in [0.2, 0.25) is 0 Å². The molecule has 1 aromatic rings. The Labute approximate surface area is 95.5 Å². The fraction of sp³-hybridized carbons (Fsp3) is 0.364. The Bertz CT molecular complexity index is 448. The van der Waals surface area contributed by atoms with Crippen molar-refractivity contribution in [2.24, 2.45) is 0 Å². The maximum atomic E-state index is 13.3. The predicted octanol–water partition coefficient (Wildman–Crippen LogP) is 3.16. The summed E-state index contributed by atoms with van der Waals surface area (Å²) >= 11 is 3.30. The number of hydrogen-bond donors (Lipinski definition) is 1. The van der Waals surface area contributed by atoms with Gasteiger partial charge >= 0.3 is 0 Å². The zero-order valence-electron chi connectivity index (χ0n) is 8.14. The van der Waals surface area contributed by atoms with E-state index < -0.39 is 17.0 Å². The van der Waals surface area contributed by atoms with Crippen molar-refractivity contribution in [2.45, 2.75) is 25.2 Å². The van der Waals surface area contributed by atoms with E-state index in [4.69, 9.17) is 5.26 Å². The zero-order valence-corrected chi connectivity index (χ0v) is 9.73. The number of nitrogens with zero attached hydrogens (tertiary/aromatic N) is 1. The van der Waals surface area contributed by atoms with Gasteiger partial charge in [0.25, 0.3) is 0 Å². The Balaban J connectivity index is 2.71. The minimum Gasteiger partial charge on any atom is -0.505 e. The topological polar surface area (TPSA) is 44.0 Å². The molecule has 1 aliphatic rings. The Hall–Kier alpha value is -1.08. The van der Waals surface area contributed by atoms with Gasteiger partial charge in [-0.2, -0.15) is 5.26 Å². The fourth-order valence-electron chi connectivity index (χ4n) is 1.72. The molecule has 0 radical (unpaired) electrons. The molecule has 1 saturated carbocycles. The minimum absolute atomic E-state index is 0.397. The molecule has 15 heavy (non-hydrogen) atoms. The average molecular weight is 270 g/mol. The van der Waals surface area contributed by atoms with E-state index in [2.05, 4.69) is 22.0 Å². The third kappa shape index (κ3) is 1.42. The van der Waals surface area contributed by atoms with E-state index in [1.54, 1.807) is 6.92 Å². The van der Waals surface area contributed by atoms with Crippen molar-refractivity contribution in [3.05, 3.63) is 27.5 Å². The van der Waals surface area contributed by atoms with E-state index >= 15 is 0 Å². The normalized spacial score (nSPS) is 17.2. The lowest BCUT2D eigenvalue weighted by atomic mass is 9.95. The van der Waals surface area contributed by atoms with Gasteiger partial charge in [0.2, 0.25) is 0 Å². The van der Waals surface area contributed by atoms with Crippen molar-refractivity contribution in [1.82, 2.24) is 0 Å². The molecule has 0 unspecified atom stereocenters. The highest BCUT2D eigenvalue weighted by molar-refractivity contribution is 9.10. The highest BCUT2D eigenvalue weighted by atomic mass is 79.9. The van der Waals surface area contributed by atoms with Gasteiger partial charge in [0.15, 0.2) is 11.6 Å². The molecule has 1 aliphatic carbocycles. The first-order chi connectivity index (χ1) is 7.02. The predicted molar refractivity (Wildman–Crippen MR) is 57.0 cm³/mol. The fourth-order valence-corrected chi connectivity index (χ4v) is 2.40. The van der Waals surface area contributed by atoms with Crippen LogP contribution in [0.4, 0.5) is 4.39 Å². The Kier molecular flexibility index (Phi) is 2.23. The molecular weight excluding hydrogens is 261 g/mol. The maximum absolute atomic E-state index is 13.3. The average Bonchev–Trinajstić information content (AvgIpc) is 2.96. The first kappa shape index (κ1) is 10.4. The van der Waals surface area contributed by atoms with Crippen LogP contribution in [0.25, 0.3) is 0 Å². The van der Waals surface area contributed by atoms with Crippen LogP contribution in [0, 0.1) is 24.1 Å². The number of aryl methyl sites for hydroxylation is 1. The molecule has 1 aromatic carbocycles. The smallest absolute Gasteiger partial charge is 0.165 e. The largest absolute Gasteiger partial charge is 0.505 e. The number of halogens is 2. The van der Waals surface area contributed by atoms with E-state index in [0.29, 0.717) is 28.4 Å². The maximum Gasteiger partial charge on any atom is 0.165 e. The van der Waals surface area contributed by atoms with Crippen LogP contribution in [0.5, 0.6) is 5.75 Å². The summed E-state index contributed by atoms with van der Waals surface area (Å²) in [7, 11) is 0. The second kappa shape index (κ2) is 3.21. The van der Waals surface area contributed by atoms with E-state index in [-0.39, 0.29) is 0 Å². The molecule has 0 amide bonds.